The maximum atomic E-state index is 12.2. The molecule has 0 bridgehead atoms. The first-order chi connectivity index (χ1) is 9.78. The molecule has 0 unspecified atom stereocenters. The van der Waals surface area contributed by atoms with Gasteiger partial charge in [0.2, 0.25) is 5.91 Å². The van der Waals surface area contributed by atoms with E-state index in [2.05, 4.69) is 34.0 Å². The normalized spacial score (nSPS) is 26.8. The molecule has 1 aromatic rings. The van der Waals surface area contributed by atoms with Crippen molar-refractivity contribution in [3.8, 4) is 0 Å². The predicted octanol–water partition coefficient (Wildman–Crippen LogP) is 2.87. The summed E-state index contributed by atoms with van der Waals surface area (Å²) in [6.07, 6.45) is 4.48. The van der Waals surface area contributed by atoms with Crippen LogP contribution in [0.3, 0.4) is 0 Å². The average molecular weight is 292 g/mol. The van der Waals surface area contributed by atoms with Crippen molar-refractivity contribution in [2.75, 3.05) is 13.1 Å². The molecule has 2 atom stereocenters. The van der Waals surface area contributed by atoms with Gasteiger partial charge in [-0.3, -0.25) is 4.79 Å². The fraction of sp³-hybridized carbons (Fsp3) is 0.688. The highest BCUT2D eigenvalue weighted by Crippen LogP contribution is 2.33. The summed E-state index contributed by atoms with van der Waals surface area (Å²) >= 11 is 1.75. The number of amides is 1. The topological polar surface area (TPSA) is 32.3 Å². The Morgan fingerprint density at radius 3 is 2.95 bits per heavy atom. The van der Waals surface area contributed by atoms with Gasteiger partial charge in [-0.15, -0.1) is 0 Å². The second-order valence-corrected chi connectivity index (χ2v) is 6.91. The third-order valence-corrected chi connectivity index (χ3v) is 5.38. The molecule has 1 saturated heterocycles. The number of hydrogen-bond donors (Lipinski definition) is 1. The van der Waals surface area contributed by atoms with Crippen molar-refractivity contribution in [2.24, 2.45) is 11.8 Å². The van der Waals surface area contributed by atoms with Crippen molar-refractivity contribution < 1.29 is 4.79 Å². The Labute approximate surface area is 125 Å². The molecule has 0 aromatic carbocycles. The van der Waals surface area contributed by atoms with E-state index in [-0.39, 0.29) is 0 Å². The molecule has 20 heavy (non-hydrogen) atoms. The Hall–Kier alpha value is -0.870. The van der Waals surface area contributed by atoms with Crippen molar-refractivity contribution in [2.45, 2.75) is 45.2 Å². The molecule has 4 heteroatoms. The number of rotatable bonds is 5. The molecule has 0 spiro atoms. The quantitative estimate of drug-likeness (QED) is 0.905. The number of nitrogens with one attached hydrogen (secondary N) is 1. The molecule has 0 radical (unpaired) electrons. The summed E-state index contributed by atoms with van der Waals surface area (Å²) in [4.78, 5) is 14.3. The number of carbonyl (C=O) groups is 1. The third kappa shape index (κ3) is 3.23. The molecular weight excluding hydrogens is 268 g/mol. The molecular formula is C16H24N2OS. The molecule has 3 nitrogen and oxygen atoms in total. The van der Waals surface area contributed by atoms with Crippen molar-refractivity contribution in [3.63, 3.8) is 0 Å². The van der Waals surface area contributed by atoms with Gasteiger partial charge in [-0.1, -0.05) is 13.3 Å². The molecule has 110 valence electrons. The molecule has 1 aromatic heterocycles. The SMILES string of the molecule is CC[C@@H]1CN(C(=O)C2CC2)CC[C@H]1NCc1ccsc1. The Morgan fingerprint density at radius 2 is 2.30 bits per heavy atom. The standard InChI is InChI=1S/C16H24N2OS/c1-2-13-10-18(16(19)14-3-4-14)7-5-15(13)17-9-12-6-8-20-11-12/h6,8,11,13-15,17H,2-5,7,9-10H2,1H3/t13-,15-/m1/s1. The van der Waals surface area contributed by atoms with Gasteiger partial charge in [-0.25, -0.2) is 0 Å². The van der Waals surface area contributed by atoms with Crippen LogP contribution in [0.15, 0.2) is 16.8 Å². The van der Waals surface area contributed by atoms with E-state index in [4.69, 9.17) is 0 Å². The molecule has 1 N–H and O–H groups in total. The van der Waals surface area contributed by atoms with E-state index in [1.54, 1.807) is 11.3 Å². The van der Waals surface area contributed by atoms with Crippen LogP contribution in [0.4, 0.5) is 0 Å². The van der Waals surface area contributed by atoms with Crippen LogP contribution in [0.2, 0.25) is 0 Å². The maximum absolute atomic E-state index is 12.2. The zero-order valence-corrected chi connectivity index (χ0v) is 13.0. The van der Waals surface area contributed by atoms with Crippen LogP contribution in [-0.4, -0.2) is 29.9 Å². The van der Waals surface area contributed by atoms with Crippen LogP contribution >= 0.6 is 11.3 Å². The largest absolute Gasteiger partial charge is 0.342 e. The summed E-state index contributed by atoms with van der Waals surface area (Å²) in [5.41, 5.74) is 1.38. The summed E-state index contributed by atoms with van der Waals surface area (Å²) < 4.78 is 0. The van der Waals surface area contributed by atoms with Crippen LogP contribution in [-0.2, 0) is 11.3 Å². The maximum Gasteiger partial charge on any atom is 0.225 e. The highest BCUT2D eigenvalue weighted by molar-refractivity contribution is 7.07. The summed E-state index contributed by atoms with van der Waals surface area (Å²) in [7, 11) is 0. The number of nitrogens with zero attached hydrogens (tertiary/aromatic N) is 1. The van der Waals surface area contributed by atoms with E-state index in [1.807, 2.05) is 0 Å². The molecule has 3 rings (SSSR count). The van der Waals surface area contributed by atoms with Gasteiger partial charge in [0.25, 0.3) is 0 Å². The second-order valence-electron chi connectivity index (χ2n) is 6.13. The van der Waals surface area contributed by atoms with Crippen LogP contribution in [0.5, 0.6) is 0 Å². The molecule has 1 aliphatic heterocycles. The van der Waals surface area contributed by atoms with E-state index < -0.39 is 0 Å². The minimum Gasteiger partial charge on any atom is -0.342 e. The van der Waals surface area contributed by atoms with Crippen molar-refractivity contribution in [3.05, 3.63) is 22.4 Å². The summed E-state index contributed by atoms with van der Waals surface area (Å²) in [6, 6.07) is 2.74. The fourth-order valence-electron chi connectivity index (χ4n) is 3.15. The second kappa shape index (κ2) is 6.27. The van der Waals surface area contributed by atoms with Crippen LogP contribution in [0, 0.1) is 11.8 Å². The Balaban J connectivity index is 1.52. The van der Waals surface area contributed by atoms with Gasteiger partial charge in [-0.05, 0) is 47.6 Å². The van der Waals surface area contributed by atoms with E-state index in [0.29, 0.717) is 23.8 Å². The fourth-order valence-corrected chi connectivity index (χ4v) is 3.81. The molecule has 2 heterocycles. The van der Waals surface area contributed by atoms with Crippen LogP contribution in [0.1, 0.15) is 38.2 Å². The monoisotopic (exact) mass is 292 g/mol. The molecule has 1 saturated carbocycles. The zero-order chi connectivity index (χ0) is 13.9. The third-order valence-electron chi connectivity index (χ3n) is 4.65. The van der Waals surface area contributed by atoms with Crippen molar-refractivity contribution in [1.29, 1.82) is 0 Å². The minimum atomic E-state index is 0.364. The highest BCUT2D eigenvalue weighted by Gasteiger charge is 2.37. The van der Waals surface area contributed by atoms with E-state index in [1.165, 1.54) is 5.56 Å². The van der Waals surface area contributed by atoms with Crippen molar-refractivity contribution >= 4 is 17.2 Å². The van der Waals surface area contributed by atoms with Gasteiger partial charge in [-0.2, -0.15) is 11.3 Å². The lowest BCUT2D eigenvalue weighted by molar-refractivity contribution is -0.134. The number of carbonyl (C=O) groups excluding carboxylic acids is 1. The smallest absolute Gasteiger partial charge is 0.225 e. The Kier molecular flexibility index (Phi) is 4.41. The van der Waals surface area contributed by atoms with E-state index in [0.717, 1.165) is 45.3 Å². The first kappa shape index (κ1) is 14.1. The van der Waals surface area contributed by atoms with E-state index in [9.17, 15) is 4.79 Å². The minimum absolute atomic E-state index is 0.364. The molecule has 1 amide bonds. The van der Waals surface area contributed by atoms with Gasteiger partial charge in [0.1, 0.15) is 0 Å². The lowest BCUT2D eigenvalue weighted by atomic mass is 9.89. The van der Waals surface area contributed by atoms with Gasteiger partial charge in [0.05, 0.1) is 0 Å². The predicted molar refractivity (Wildman–Crippen MR) is 82.6 cm³/mol. The first-order valence-electron chi connectivity index (χ1n) is 7.81. The lowest BCUT2D eigenvalue weighted by Crippen LogP contribution is -2.51. The van der Waals surface area contributed by atoms with Gasteiger partial charge >= 0.3 is 0 Å². The Bertz CT molecular complexity index is 441. The summed E-state index contributed by atoms with van der Waals surface area (Å²) in [6.45, 7) is 5.09. The summed E-state index contributed by atoms with van der Waals surface area (Å²) in [5, 5.41) is 8.04. The zero-order valence-electron chi connectivity index (χ0n) is 12.2. The van der Waals surface area contributed by atoms with Crippen LogP contribution < -0.4 is 5.32 Å². The van der Waals surface area contributed by atoms with Crippen molar-refractivity contribution in [1.82, 2.24) is 10.2 Å². The average Bonchev–Trinajstić information content (AvgIpc) is 3.21. The number of thiophene rings is 1. The number of likely N-dealkylation sites (tertiary alicyclic amines) is 1. The molecule has 2 aliphatic rings. The molecule has 1 aliphatic carbocycles. The molecule has 2 fully saturated rings. The Morgan fingerprint density at radius 1 is 1.45 bits per heavy atom. The lowest BCUT2D eigenvalue weighted by Gasteiger charge is -2.39. The first-order valence-corrected chi connectivity index (χ1v) is 8.75. The van der Waals surface area contributed by atoms with Crippen LogP contribution in [0.25, 0.3) is 0 Å². The van der Waals surface area contributed by atoms with Gasteiger partial charge in [0.15, 0.2) is 0 Å². The van der Waals surface area contributed by atoms with Gasteiger partial charge in [0, 0.05) is 31.6 Å². The number of hydrogen-bond acceptors (Lipinski definition) is 3. The number of piperidine rings is 1. The summed E-state index contributed by atoms with van der Waals surface area (Å²) in [5.74, 6) is 1.38. The highest BCUT2D eigenvalue weighted by atomic mass is 32.1. The van der Waals surface area contributed by atoms with E-state index >= 15 is 0 Å². The van der Waals surface area contributed by atoms with Gasteiger partial charge < -0.3 is 10.2 Å².